The number of nitrogens with zero attached hydrogens (tertiary/aromatic N) is 3. The standard InChI is InChI=1S/C56H37N3/c1-34-30-51-46(47-33-53-54(55-44-22-11-14-27-50(44)59(51)56(47)55)43-21-10-13-26-49(43)58(53)38-18-7-4-8-19-38)32-45(34)40-24-15-23-39(35(40)2)36-28-29-42-41-20-9-12-25-48(41)57(52(42)31-36)37-16-5-3-6-17-37/h3-33H,1-2H3. The van der Waals surface area contributed by atoms with Gasteiger partial charge in [-0.05, 0) is 114 Å². The number of hydrogen-bond donors (Lipinski definition) is 0. The quantitative estimate of drug-likeness (QED) is 0.170. The number of aryl methyl sites for hydroxylation is 1. The fourth-order valence-electron chi connectivity index (χ4n) is 10.5. The van der Waals surface area contributed by atoms with E-state index in [1.807, 2.05) is 0 Å². The minimum absolute atomic E-state index is 1.17. The van der Waals surface area contributed by atoms with Crippen molar-refractivity contribution in [3.63, 3.8) is 0 Å². The van der Waals surface area contributed by atoms with Crippen LogP contribution in [0.25, 0.3) is 115 Å². The van der Waals surface area contributed by atoms with Crippen LogP contribution < -0.4 is 0 Å². The van der Waals surface area contributed by atoms with E-state index in [-0.39, 0.29) is 0 Å². The molecule has 0 spiro atoms. The minimum atomic E-state index is 1.17. The van der Waals surface area contributed by atoms with Gasteiger partial charge in [-0.3, -0.25) is 0 Å². The van der Waals surface area contributed by atoms with E-state index in [4.69, 9.17) is 0 Å². The monoisotopic (exact) mass is 751 g/mol. The Labute approximate surface area is 340 Å². The lowest BCUT2D eigenvalue weighted by atomic mass is 9.89. The van der Waals surface area contributed by atoms with Crippen molar-refractivity contribution < 1.29 is 0 Å². The van der Waals surface area contributed by atoms with E-state index in [0.29, 0.717) is 0 Å². The summed E-state index contributed by atoms with van der Waals surface area (Å²) in [5.74, 6) is 0. The molecule has 3 nitrogen and oxygen atoms in total. The molecule has 59 heavy (non-hydrogen) atoms. The molecule has 13 rings (SSSR count). The SMILES string of the molecule is Cc1cc2c(cc1-c1cccc(-c3ccc4c5ccccc5n(-c5ccccc5)c4c3)c1C)c1cc3c(c4ccccc4n3-c3ccccc3)c3c4ccccc4n2c13. The maximum absolute atomic E-state index is 2.53. The van der Waals surface area contributed by atoms with Crippen molar-refractivity contribution in [2.75, 3.05) is 0 Å². The molecule has 0 aliphatic carbocycles. The van der Waals surface area contributed by atoms with Crippen molar-refractivity contribution in [2.24, 2.45) is 0 Å². The average molecular weight is 752 g/mol. The van der Waals surface area contributed by atoms with Crippen LogP contribution in [-0.2, 0) is 0 Å². The Balaban J connectivity index is 1.07. The number of hydrogen-bond acceptors (Lipinski definition) is 0. The third-order valence-corrected chi connectivity index (χ3v) is 13.1. The minimum Gasteiger partial charge on any atom is -0.309 e. The van der Waals surface area contributed by atoms with Gasteiger partial charge in [-0.1, -0.05) is 121 Å². The van der Waals surface area contributed by atoms with Gasteiger partial charge in [0.2, 0.25) is 0 Å². The first kappa shape index (κ1) is 32.5. The van der Waals surface area contributed by atoms with Crippen molar-refractivity contribution in [1.82, 2.24) is 13.5 Å². The molecule has 0 fully saturated rings. The Morgan fingerprint density at radius 1 is 0.322 bits per heavy atom. The molecule has 0 bridgehead atoms. The molecule has 0 radical (unpaired) electrons. The number of fused-ring (bicyclic) bond motifs is 13. The lowest BCUT2D eigenvalue weighted by molar-refractivity contribution is 1.18. The van der Waals surface area contributed by atoms with E-state index in [2.05, 4.69) is 215 Å². The third-order valence-electron chi connectivity index (χ3n) is 13.1. The molecule has 0 unspecified atom stereocenters. The van der Waals surface area contributed by atoms with Crippen LogP contribution in [-0.4, -0.2) is 13.5 Å². The molecule has 0 atom stereocenters. The number of rotatable bonds is 4. The van der Waals surface area contributed by atoms with Gasteiger partial charge in [0.25, 0.3) is 0 Å². The third kappa shape index (κ3) is 4.36. The van der Waals surface area contributed by atoms with Gasteiger partial charge in [-0.25, -0.2) is 0 Å². The van der Waals surface area contributed by atoms with E-state index in [9.17, 15) is 0 Å². The van der Waals surface area contributed by atoms with Crippen LogP contribution in [0.5, 0.6) is 0 Å². The first-order valence-corrected chi connectivity index (χ1v) is 20.5. The Bertz CT molecular complexity index is 3840. The molecule has 0 aliphatic heterocycles. The highest BCUT2D eigenvalue weighted by molar-refractivity contribution is 6.36. The van der Waals surface area contributed by atoms with Crippen molar-refractivity contribution in [3.05, 3.63) is 199 Å². The molecule has 4 heterocycles. The molecule has 4 aromatic heterocycles. The van der Waals surface area contributed by atoms with Crippen LogP contribution in [0.4, 0.5) is 0 Å². The molecular weight excluding hydrogens is 715 g/mol. The maximum Gasteiger partial charge on any atom is 0.0628 e. The Kier molecular flexibility index (Phi) is 6.58. The second kappa shape index (κ2) is 12.0. The highest BCUT2D eigenvalue weighted by atomic mass is 15.0. The summed E-state index contributed by atoms with van der Waals surface area (Å²) in [6, 6.07) is 69.4. The fourth-order valence-corrected chi connectivity index (χ4v) is 10.5. The summed E-state index contributed by atoms with van der Waals surface area (Å²) in [5.41, 5.74) is 18.6. The zero-order valence-electron chi connectivity index (χ0n) is 32.7. The summed E-state index contributed by atoms with van der Waals surface area (Å²) in [6.07, 6.45) is 0. The Morgan fingerprint density at radius 2 is 0.898 bits per heavy atom. The Hall–Kier alpha value is -7.62. The first-order valence-electron chi connectivity index (χ1n) is 20.5. The van der Waals surface area contributed by atoms with E-state index in [1.165, 1.54) is 126 Å². The van der Waals surface area contributed by atoms with E-state index in [1.54, 1.807) is 0 Å². The predicted octanol–water partition coefficient (Wildman–Crippen LogP) is 15.0. The highest BCUT2D eigenvalue weighted by Crippen LogP contribution is 2.48. The van der Waals surface area contributed by atoms with Crippen molar-refractivity contribution in [1.29, 1.82) is 0 Å². The second-order valence-corrected chi connectivity index (χ2v) is 16.2. The van der Waals surface area contributed by atoms with Crippen molar-refractivity contribution in [2.45, 2.75) is 13.8 Å². The molecule has 13 aromatic rings. The van der Waals surface area contributed by atoms with Crippen LogP contribution in [0, 0.1) is 13.8 Å². The van der Waals surface area contributed by atoms with E-state index >= 15 is 0 Å². The number of para-hydroxylation sites is 5. The van der Waals surface area contributed by atoms with Gasteiger partial charge in [0.15, 0.2) is 0 Å². The van der Waals surface area contributed by atoms with Gasteiger partial charge in [-0.2, -0.15) is 0 Å². The fraction of sp³-hybridized carbons (Fsp3) is 0.0357. The van der Waals surface area contributed by atoms with Gasteiger partial charge >= 0.3 is 0 Å². The first-order chi connectivity index (χ1) is 29.1. The molecule has 0 amide bonds. The van der Waals surface area contributed by atoms with Crippen molar-refractivity contribution >= 4 is 81.7 Å². The van der Waals surface area contributed by atoms with Crippen molar-refractivity contribution in [3.8, 4) is 33.6 Å². The van der Waals surface area contributed by atoms with Crippen LogP contribution >= 0.6 is 0 Å². The molecule has 9 aromatic carbocycles. The smallest absolute Gasteiger partial charge is 0.0628 e. The number of benzene rings is 9. The van der Waals surface area contributed by atoms with Gasteiger partial charge < -0.3 is 13.5 Å². The van der Waals surface area contributed by atoms with Gasteiger partial charge in [0.1, 0.15) is 0 Å². The van der Waals surface area contributed by atoms with Gasteiger partial charge in [0.05, 0.1) is 38.6 Å². The van der Waals surface area contributed by atoms with Crippen LogP contribution in [0.15, 0.2) is 188 Å². The lowest BCUT2D eigenvalue weighted by Gasteiger charge is -2.15. The summed E-state index contributed by atoms with van der Waals surface area (Å²) in [4.78, 5) is 0. The summed E-state index contributed by atoms with van der Waals surface area (Å²) in [6.45, 7) is 4.58. The van der Waals surface area contributed by atoms with E-state index < -0.39 is 0 Å². The van der Waals surface area contributed by atoms with Crippen LogP contribution in [0.2, 0.25) is 0 Å². The zero-order chi connectivity index (χ0) is 38.9. The molecule has 3 heteroatoms. The molecular formula is C56H37N3. The predicted molar refractivity (Wildman–Crippen MR) is 250 cm³/mol. The maximum atomic E-state index is 2.53. The van der Waals surface area contributed by atoms with Crippen LogP contribution in [0.1, 0.15) is 11.1 Å². The summed E-state index contributed by atoms with van der Waals surface area (Å²) in [7, 11) is 0. The average Bonchev–Trinajstić information content (AvgIpc) is 4.00. The normalized spacial score (nSPS) is 12.2. The zero-order valence-corrected chi connectivity index (χ0v) is 32.7. The summed E-state index contributed by atoms with van der Waals surface area (Å²) in [5, 5.41) is 10.3. The molecule has 276 valence electrons. The number of aromatic nitrogens is 3. The molecule has 0 saturated carbocycles. The van der Waals surface area contributed by atoms with Crippen LogP contribution in [0.3, 0.4) is 0 Å². The highest BCUT2D eigenvalue weighted by Gasteiger charge is 2.25. The second-order valence-electron chi connectivity index (χ2n) is 16.2. The molecule has 0 saturated heterocycles. The van der Waals surface area contributed by atoms with Gasteiger partial charge in [0, 0.05) is 54.5 Å². The lowest BCUT2D eigenvalue weighted by Crippen LogP contribution is -1.94. The summed E-state index contributed by atoms with van der Waals surface area (Å²) < 4.78 is 7.40. The van der Waals surface area contributed by atoms with E-state index in [0.717, 1.165) is 0 Å². The van der Waals surface area contributed by atoms with Gasteiger partial charge in [-0.15, -0.1) is 0 Å². The molecule has 0 aliphatic rings. The largest absolute Gasteiger partial charge is 0.309 e. The topological polar surface area (TPSA) is 14.3 Å². The molecule has 0 N–H and O–H groups in total. The Morgan fingerprint density at radius 3 is 1.63 bits per heavy atom. The summed E-state index contributed by atoms with van der Waals surface area (Å²) >= 11 is 0.